The molecule has 0 atom stereocenters. The summed E-state index contributed by atoms with van der Waals surface area (Å²) in [6.45, 7) is 0.171. The van der Waals surface area contributed by atoms with Gasteiger partial charge in [-0.2, -0.15) is 0 Å². The maximum absolute atomic E-state index is 11.8. The fourth-order valence-electron chi connectivity index (χ4n) is 2.27. The Morgan fingerprint density at radius 2 is 2.15 bits per heavy atom. The molecule has 0 aliphatic rings. The summed E-state index contributed by atoms with van der Waals surface area (Å²) in [5.74, 6) is -0.885. The van der Waals surface area contributed by atoms with Crippen molar-refractivity contribution >= 4 is 34.7 Å². The summed E-state index contributed by atoms with van der Waals surface area (Å²) >= 11 is 5.20. The van der Waals surface area contributed by atoms with Crippen LogP contribution in [0.3, 0.4) is 0 Å². The minimum Gasteiger partial charge on any atom is -0.493 e. The predicted octanol–water partition coefficient (Wildman–Crippen LogP) is 0.556. The first-order chi connectivity index (χ1) is 12.4. The minimum absolute atomic E-state index is 0.266. The maximum atomic E-state index is 11.8. The maximum Gasteiger partial charge on any atom is 0.329 e. The Kier molecular flexibility index (Phi) is 6.61. The van der Waals surface area contributed by atoms with Crippen molar-refractivity contribution in [1.82, 2.24) is 14.9 Å². The van der Waals surface area contributed by atoms with E-state index in [-0.39, 0.29) is 12.4 Å². The predicted molar refractivity (Wildman–Crippen MR) is 102 cm³/mol. The smallest absolute Gasteiger partial charge is 0.329 e. The number of thiocarbonyl (C=S) groups is 1. The number of aromatic nitrogens is 2. The lowest BCUT2D eigenvalue weighted by Crippen LogP contribution is -2.29. The molecule has 1 heterocycles. The number of esters is 1. The van der Waals surface area contributed by atoms with Gasteiger partial charge in [-0.15, -0.1) is 0 Å². The summed E-state index contributed by atoms with van der Waals surface area (Å²) in [4.78, 5) is 25.6. The summed E-state index contributed by atoms with van der Waals surface area (Å²) in [5.41, 5.74) is 6.93. The lowest BCUT2D eigenvalue weighted by atomic mass is 10.2. The van der Waals surface area contributed by atoms with Crippen LogP contribution in [0.25, 0.3) is 0 Å². The molecule has 0 amide bonds. The van der Waals surface area contributed by atoms with Crippen LogP contribution in [-0.2, 0) is 22.5 Å². The first-order valence-electron chi connectivity index (χ1n) is 7.89. The lowest BCUT2D eigenvalue weighted by molar-refractivity contribution is -0.141. The Labute approximate surface area is 155 Å². The molecule has 0 bridgehead atoms. The molecule has 1 aromatic carbocycles. The molecule has 10 heteroatoms. The van der Waals surface area contributed by atoms with Crippen molar-refractivity contribution in [3.63, 3.8) is 0 Å². The summed E-state index contributed by atoms with van der Waals surface area (Å²) in [7, 11) is 1.21. The van der Waals surface area contributed by atoms with Gasteiger partial charge in [0.15, 0.2) is 5.11 Å². The van der Waals surface area contributed by atoms with Gasteiger partial charge in [0.2, 0.25) is 5.88 Å². The number of aryl methyl sites for hydroxylation is 1. The Bertz CT molecular complexity index is 845. The molecule has 0 fully saturated rings. The van der Waals surface area contributed by atoms with Crippen molar-refractivity contribution in [3.05, 3.63) is 40.4 Å². The molecular formula is C16H21N5O4S. The van der Waals surface area contributed by atoms with E-state index < -0.39 is 11.7 Å². The van der Waals surface area contributed by atoms with Crippen LogP contribution in [0.5, 0.6) is 5.88 Å². The van der Waals surface area contributed by atoms with Crippen LogP contribution < -0.4 is 22.1 Å². The third-order valence-corrected chi connectivity index (χ3v) is 3.89. The average molecular weight is 379 g/mol. The van der Waals surface area contributed by atoms with Crippen LogP contribution >= 0.6 is 12.2 Å². The summed E-state index contributed by atoms with van der Waals surface area (Å²) in [5, 5.41) is 16.5. The number of rotatable bonds is 7. The van der Waals surface area contributed by atoms with Gasteiger partial charge in [-0.1, -0.05) is 12.1 Å². The summed E-state index contributed by atoms with van der Waals surface area (Å²) < 4.78 is 5.42. The highest BCUT2D eigenvalue weighted by molar-refractivity contribution is 7.80. The number of nitrogens with zero attached hydrogens (tertiary/aromatic N) is 1. The van der Waals surface area contributed by atoms with Gasteiger partial charge in [0.25, 0.3) is 0 Å². The molecule has 0 aliphatic carbocycles. The molecule has 1 aromatic heterocycles. The molecule has 26 heavy (non-hydrogen) atoms. The highest BCUT2D eigenvalue weighted by Gasteiger charge is 2.15. The van der Waals surface area contributed by atoms with Crippen molar-refractivity contribution in [2.75, 3.05) is 24.7 Å². The first-order valence-corrected chi connectivity index (χ1v) is 8.30. The van der Waals surface area contributed by atoms with Gasteiger partial charge >= 0.3 is 11.7 Å². The van der Waals surface area contributed by atoms with E-state index in [0.717, 1.165) is 4.57 Å². The number of H-pyrrole nitrogens is 1. The van der Waals surface area contributed by atoms with Crippen LogP contribution in [0.1, 0.15) is 12.1 Å². The number of carbonyl (C=O) groups excluding carboxylic acids is 1. The van der Waals surface area contributed by atoms with E-state index in [1.165, 1.54) is 7.11 Å². The molecule has 0 unspecified atom stereocenters. The van der Waals surface area contributed by atoms with Crippen molar-refractivity contribution < 1.29 is 14.6 Å². The molecule has 140 valence electrons. The fourth-order valence-corrected chi connectivity index (χ4v) is 2.48. The van der Waals surface area contributed by atoms with Crippen LogP contribution in [0, 0.1) is 0 Å². The van der Waals surface area contributed by atoms with Crippen LogP contribution in [0.2, 0.25) is 0 Å². The van der Waals surface area contributed by atoms with Crippen molar-refractivity contribution in [3.8, 4) is 5.88 Å². The normalized spacial score (nSPS) is 10.3. The number of methoxy groups -OCH3 is 1. The highest BCUT2D eigenvalue weighted by atomic mass is 32.1. The number of anilines is 2. The molecule has 2 rings (SSSR count). The largest absolute Gasteiger partial charge is 0.493 e. The Balaban J connectivity index is 1.82. The van der Waals surface area contributed by atoms with Gasteiger partial charge in [0, 0.05) is 6.54 Å². The molecule has 0 saturated heterocycles. The van der Waals surface area contributed by atoms with Gasteiger partial charge in [-0.3, -0.25) is 9.36 Å². The zero-order valence-electron chi connectivity index (χ0n) is 14.2. The number of hydrogen-bond donors (Lipinski definition) is 5. The van der Waals surface area contributed by atoms with E-state index in [9.17, 15) is 14.7 Å². The number of benzene rings is 1. The molecule has 0 saturated carbocycles. The molecule has 0 aliphatic heterocycles. The fraction of sp³-hybridized carbons (Fsp3) is 0.312. The number of aromatic amines is 1. The van der Waals surface area contributed by atoms with E-state index in [1.54, 1.807) is 6.07 Å². The van der Waals surface area contributed by atoms with Crippen molar-refractivity contribution in [2.24, 2.45) is 0 Å². The van der Waals surface area contributed by atoms with Crippen molar-refractivity contribution in [2.45, 2.75) is 19.4 Å². The quantitative estimate of drug-likeness (QED) is 0.204. The van der Waals surface area contributed by atoms with Crippen LogP contribution in [0.15, 0.2) is 29.1 Å². The number of para-hydroxylation sites is 2. The summed E-state index contributed by atoms with van der Waals surface area (Å²) in [6, 6.07) is 7.26. The van der Waals surface area contributed by atoms with Gasteiger partial charge in [0.05, 0.1) is 24.2 Å². The molecule has 0 radical (unpaired) electrons. The van der Waals surface area contributed by atoms with Crippen LogP contribution in [-0.4, -0.2) is 39.4 Å². The zero-order chi connectivity index (χ0) is 19.1. The van der Waals surface area contributed by atoms with Gasteiger partial charge in [-0.05, 0) is 37.2 Å². The number of aromatic hydroxyl groups is 1. The zero-order valence-corrected chi connectivity index (χ0v) is 15.1. The van der Waals surface area contributed by atoms with Gasteiger partial charge < -0.3 is 31.2 Å². The Hall–Kier alpha value is -3.01. The minimum atomic E-state index is -0.619. The third kappa shape index (κ3) is 4.99. The second-order valence-corrected chi connectivity index (χ2v) is 5.87. The standard InChI is InChI=1S/C16H21N5O4S/c1-25-13(22)9-21-14(23)12(20-16(21)24)7-4-8-18-15(26)19-11-6-3-2-5-10(11)17/h2-3,5-6,23H,4,7-9,17H2,1H3,(H,20,24)(H2,18,19,26). The second kappa shape index (κ2) is 8.90. The Morgan fingerprint density at radius 1 is 1.42 bits per heavy atom. The molecular weight excluding hydrogens is 358 g/mol. The number of nitrogens with one attached hydrogen (secondary N) is 3. The number of nitrogen functional groups attached to an aromatic ring is 1. The third-order valence-electron chi connectivity index (χ3n) is 3.64. The Morgan fingerprint density at radius 3 is 2.85 bits per heavy atom. The van der Waals surface area contributed by atoms with E-state index >= 15 is 0 Å². The second-order valence-electron chi connectivity index (χ2n) is 5.47. The monoisotopic (exact) mass is 379 g/mol. The molecule has 0 spiro atoms. The highest BCUT2D eigenvalue weighted by Crippen LogP contribution is 2.16. The number of carbonyl (C=O) groups is 1. The number of hydrogen-bond acceptors (Lipinski definition) is 6. The van der Waals surface area contributed by atoms with E-state index in [2.05, 4.69) is 20.4 Å². The first kappa shape index (κ1) is 19.3. The van der Waals surface area contributed by atoms with E-state index in [1.807, 2.05) is 18.2 Å². The molecule has 2 aromatic rings. The van der Waals surface area contributed by atoms with Gasteiger partial charge in [0.1, 0.15) is 6.54 Å². The summed E-state index contributed by atoms with van der Waals surface area (Å²) in [6.07, 6.45) is 0.996. The van der Waals surface area contributed by atoms with Crippen molar-refractivity contribution in [1.29, 1.82) is 0 Å². The average Bonchev–Trinajstić information content (AvgIpc) is 2.88. The number of ether oxygens (including phenoxy) is 1. The molecule has 6 N–H and O–H groups in total. The number of nitrogens with two attached hydrogens (primary N) is 1. The number of imidazole rings is 1. The van der Waals surface area contributed by atoms with Gasteiger partial charge in [-0.25, -0.2) is 4.79 Å². The lowest BCUT2D eigenvalue weighted by Gasteiger charge is -2.11. The van der Waals surface area contributed by atoms with Crippen LogP contribution in [0.4, 0.5) is 11.4 Å². The van der Waals surface area contributed by atoms with E-state index in [0.29, 0.717) is 41.6 Å². The molecule has 9 nitrogen and oxygen atoms in total. The SMILES string of the molecule is COC(=O)Cn1c(O)c(CCCNC(=S)Nc2ccccc2N)[nH]c1=O. The topological polar surface area (TPSA) is 134 Å². The van der Waals surface area contributed by atoms with E-state index in [4.69, 9.17) is 18.0 Å².